The lowest BCUT2D eigenvalue weighted by molar-refractivity contribution is -0.286. The molecular weight excluding hydrogens is 683 g/mol. The second-order valence-electron chi connectivity index (χ2n) is 15.0. The highest BCUT2D eigenvalue weighted by Crippen LogP contribution is 2.52. The number of amides is 1. The van der Waals surface area contributed by atoms with Crippen molar-refractivity contribution in [1.29, 1.82) is 0 Å². The largest absolute Gasteiger partial charge is 0.586 e. The molecule has 13 heteroatoms. The van der Waals surface area contributed by atoms with E-state index in [-0.39, 0.29) is 30.3 Å². The quantitative estimate of drug-likeness (QED) is 0.142. The number of aliphatic hydroxyl groups excluding tert-OH is 1. The van der Waals surface area contributed by atoms with Crippen LogP contribution in [-0.2, 0) is 44.9 Å². The van der Waals surface area contributed by atoms with E-state index >= 15 is 4.39 Å². The third kappa shape index (κ3) is 7.43. The number of alkyl halides is 2. The molecule has 2 heterocycles. The van der Waals surface area contributed by atoms with Gasteiger partial charge in [-0.05, 0) is 53.8 Å². The Morgan fingerprint density at radius 3 is 2.23 bits per heavy atom. The molecule has 5 aromatic rings. The molecule has 53 heavy (non-hydrogen) atoms. The van der Waals surface area contributed by atoms with Gasteiger partial charge < -0.3 is 33.9 Å². The number of aliphatic hydroxyl groups is 1. The van der Waals surface area contributed by atoms with Crippen molar-refractivity contribution in [2.24, 2.45) is 0 Å². The molecule has 0 saturated heterocycles. The predicted molar refractivity (Wildman–Crippen MR) is 200 cm³/mol. The number of hydrogen-bond acceptors (Lipinski definition) is 6. The Morgan fingerprint density at radius 2 is 1.57 bits per heavy atom. The summed E-state index contributed by atoms with van der Waals surface area (Å²) in [5.74, 6) is -1.39. The third-order valence-corrected chi connectivity index (χ3v) is 10.8. The van der Waals surface area contributed by atoms with Crippen molar-refractivity contribution in [3.63, 3.8) is 0 Å². The maximum Gasteiger partial charge on any atom is 0.586 e. The summed E-state index contributed by atoms with van der Waals surface area (Å²) in [6, 6.07) is 28.7. The van der Waals surface area contributed by atoms with Gasteiger partial charge in [-0.25, -0.2) is 4.39 Å². The first-order chi connectivity index (χ1) is 25.2. The van der Waals surface area contributed by atoms with Crippen LogP contribution in [0.1, 0.15) is 49.1 Å². The molecule has 4 aromatic carbocycles. The Hall–Kier alpha value is -4.71. The van der Waals surface area contributed by atoms with E-state index in [2.05, 4.69) is 28.6 Å². The molecule has 8 nitrogen and oxygen atoms in total. The molecule has 0 radical (unpaired) electrons. The van der Waals surface area contributed by atoms with Gasteiger partial charge in [-0.2, -0.15) is 0 Å². The topological polar surface area (TPSA) is 91.2 Å². The van der Waals surface area contributed by atoms with E-state index in [4.69, 9.17) is 9.47 Å². The number of nitrogens with one attached hydrogen (secondary N) is 1. The zero-order valence-corrected chi connectivity index (χ0v) is 30.1. The number of hydrogen-bond donors (Lipinski definition) is 2. The molecule has 7 rings (SSSR count). The van der Waals surface area contributed by atoms with E-state index in [1.807, 2.05) is 87.0 Å². The zero-order chi connectivity index (χ0) is 37.6. The van der Waals surface area contributed by atoms with Crippen LogP contribution in [0.2, 0.25) is 0 Å². The molecule has 1 aliphatic carbocycles. The molecule has 0 bridgehead atoms. The van der Waals surface area contributed by atoms with E-state index in [1.54, 1.807) is 12.1 Å². The predicted octanol–water partition coefficient (Wildman–Crippen LogP) is 5.76. The summed E-state index contributed by atoms with van der Waals surface area (Å²) in [4.78, 5) is 13.7. The average Bonchev–Trinajstić information content (AvgIpc) is 3.78. The zero-order valence-electron chi connectivity index (χ0n) is 30.1. The molecule has 1 aliphatic heterocycles. The van der Waals surface area contributed by atoms with E-state index in [9.17, 15) is 18.7 Å². The fourth-order valence-electron chi connectivity index (χ4n) is 6.83. The molecule has 1 amide bonds. The minimum Gasteiger partial charge on any atom is -0.395 e. The van der Waals surface area contributed by atoms with E-state index < -0.39 is 40.4 Å². The molecule has 1 saturated carbocycles. The molecule has 274 valence electrons. The van der Waals surface area contributed by atoms with Gasteiger partial charge in [-0.3, -0.25) is 4.79 Å². The maximum atomic E-state index is 16.1. The van der Waals surface area contributed by atoms with Crippen LogP contribution in [-0.4, -0.2) is 55.7 Å². The summed E-state index contributed by atoms with van der Waals surface area (Å²) in [5, 5.41) is 13.9. The molecule has 1 fully saturated rings. The van der Waals surface area contributed by atoms with Gasteiger partial charge in [0.1, 0.15) is 21.5 Å². The number of ether oxygens (including phenoxy) is 4. The Morgan fingerprint density at radius 1 is 0.925 bits per heavy atom. The van der Waals surface area contributed by atoms with Crippen LogP contribution in [0, 0.1) is 5.82 Å². The van der Waals surface area contributed by atoms with Crippen LogP contribution in [0.4, 0.5) is 18.9 Å². The molecule has 1 aromatic heterocycles. The first-order valence-electron chi connectivity index (χ1n) is 17.7. The Balaban J connectivity index is 1.17. The van der Waals surface area contributed by atoms with Gasteiger partial charge in [0, 0.05) is 28.0 Å². The van der Waals surface area contributed by atoms with Crippen molar-refractivity contribution in [2.75, 3.05) is 11.9 Å². The number of carbonyl (C=O) groups is 1. The molecular formula is C40H41B2F3N2O6. The highest BCUT2D eigenvalue weighted by Gasteiger charge is 2.53. The molecule has 2 aliphatic rings. The van der Waals surface area contributed by atoms with Crippen molar-refractivity contribution < 1.29 is 42.0 Å². The second-order valence-corrected chi connectivity index (χ2v) is 15.0. The normalized spacial score (nSPS) is 16.4. The number of rotatable bonds is 14. The number of nitrogens with zero attached hydrogens (tertiary/aromatic N) is 1. The second kappa shape index (κ2) is 13.9. The molecule has 0 unspecified atom stereocenters. The summed E-state index contributed by atoms with van der Waals surface area (Å²) in [7, 11) is 4.02. The van der Waals surface area contributed by atoms with Gasteiger partial charge >= 0.3 is 6.29 Å². The number of anilines is 1. The van der Waals surface area contributed by atoms with Crippen molar-refractivity contribution in [2.45, 2.75) is 75.1 Å². The number of halogens is 3. The molecule has 2 N–H and O–H groups in total. The smallest absolute Gasteiger partial charge is 0.395 e. The summed E-state index contributed by atoms with van der Waals surface area (Å²) >= 11 is 0. The first kappa shape index (κ1) is 36.6. The van der Waals surface area contributed by atoms with Crippen LogP contribution < -0.4 is 14.8 Å². The highest BCUT2D eigenvalue weighted by molar-refractivity contribution is 6.40. The molecule has 1 atom stereocenters. The lowest BCUT2D eigenvalue weighted by atomic mass is 9.50. The van der Waals surface area contributed by atoms with Crippen LogP contribution in [0.5, 0.6) is 11.5 Å². The molecule has 0 spiro atoms. The van der Waals surface area contributed by atoms with Crippen LogP contribution in [0.15, 0.2) is 97.1 Å². The fraction of sp³-hybridized carbons (Fsp3) is 0.325. The van der Waals surface area contributed by atoms with Gasteiger partial charge in [0.25, 0.3) is 0 Å². The summed E-state index contributed by atoms with van der Waals surface area (Å²) in [6.07, 6.45) is -3.79. The van der Waals surface area contributed by atoms with E-state index in [0.717, 1.165) is 16.8 Å². The standard InChI is InChI=1S/C40H41B2F3N2O6/c1-37(2,39(41,42)51-23-26-11-7-4-8-12-26)35-18-27-17-31(30(43)20-32(27)47(35)21-29(48)24-50-22-25-9-5-3-6-10-25)46-36(49)38(15-16-38)28-13-14-33-34(19-28)53-40(44,45)52-33/h3-14,17-20,29,48H,15-16,21-24,41-42H2,1-2H3,(H,46,49)/t29-/m1/s1. The maximum absolute atomic E-state index is 16.1. The van der Waals surface area contributed by atoms with Crippen molar-refractivity contribution in [3.05, 3.63) is 125 Å². The van der Waals surface area contributed by atoms with Crippen LogP contribution >= 0.6 is 0 Å². The number of carbonyl (C=O) groups excluding carboxylic acids is 1. The third-order valence-electron chi connectivity index (χ3n) is 10.8. The Kier molecular flexibility index (Phi) is 9.63. The van der Waals surface area contributed by atoms with E-state index in [0.29, 0.717) is 42.5 Å². The number of benzene rings is 4. The monoisotopic (exact) mass is 724 g/mol. The summed E-state index contributed by atoms with van der Waals surface area (Å²) < 4.78 is 66.8. The van der Waals surface area contributed by atoms with Gasteiger partial charge in [-0.15, -0.1) is 8.78 Å². The van der Waals surface area contributed by atoms with Crippen molar-refractivity contribution >= 4 is 38.2 Å². The fourth-order valence-corrected chi connectivity index (χ4v) is 6.83. The average molecular weight is 724 g/mol. The lowest BCUT2D eigenvalue weighted by Crippen LogP contribution is -2.52. The van der Waals surface area contributed by atoms with Gasteiger partial charge in [-0.1, -0.05) is 80.6 Å². The first-order valence-corrected chi connectivity index (χ1v) is 17.7. The summed E-state index contributed by atoms with van der Waals surface area (Å²) in [5.41, 5.74) is 2.10. The Labute approximate surface area is 308 Å². The number of aromatic nitrogens is 1. The minimum absolute atomic E-state index is 0.0195. The highest BCUT2D eigenvalue weighted by atomic mass is 19.3. The van der Waals surface area contributed by atoms with Crippen molar-refractivity contribution in [1.82, 2.24) is 4.57 Å². The summed E-state index contributed by atoms with van der Waals surface area (Å²) in [6.45, 7) is 4.99. The minimum atomic E-state index is -3.78. The lowest BCUT2D eigenvalue weighted by Gasteiger charge is -2.43. The number of fused-ring (bicyclic) bond motifs is 2. The van der Waals surface area contributed by atoms with Crippen molar-refractivity contribution in [3.8, 4) is 11.5 Å². The van der Waals surface area contributed by atoms with E-state index in [1.165, 1.54) is 18.2 Å². The van der Waals surface area contributed by atoms with Gasteiger partial charge in [0.05, 0.1) is 49.1 Å². The Bertz CT molecular complexity index is 2120. The van der Waals surface area contributed by atoms with Crippen LogP contribution in [0.3, 0.4) is 0 Å². The van der Waals surface area contributed by atoms with Crippen LogP contribution in [0.25, 0.3) is 10.9 Å². The van der Waals surface area contributed by atoms with Gasteiger partial charge in [0.2, 0.25) is 5.91 Å². The SMILES string of the molecule is BC(B)(OCc1ccccc1)C(C)(C)c1cc2cc(NC(=O)C3(c4ccc5c(c4)OC(F)(F)O5)CC3)c(F)cc2n1C[C@@H](O)COCc1ccccc1. The van der Waals surface area contributed by atoms with Gasteiger partial charge in [0.15, 0.2) is 11.5 Å².